The van der Waals surface area contributed by atoms with Crippen molar-refractivity contribution in [1.29, 1.82) is 5.26 Å². The largest absolute Gasteiger partial charge is 0.198 e. The minimum atomic E-state index is -0.0880. The third-order valence-electron chi connectivity index (χ3n) is 1.63. The topological polar surface area (TPSA) is 23.8 Å². The summed E-state index contributed by atoms with van der Waals surface area (Å²) in [6.45, 7) is 1.88. The molecule has 0 aliphatic carbocycles. The standard InChI is InChI=1S/C9H7Br2N/c1-6(5-12)9-7(10)3-2-4-8(9)11/h2-4,6H,1H3. The molecule has 0 amide bonds. The summed E-state index contributed by atoms with van der Waals surface area (Å²) in [6, 6.07) is 8.01. The van der Waals surface area contributed by atoms with Gasteiger partial charge >= 0.3 is 0 Å². The third kappa shape index (κ3) is 1.88. The molecule has 0 bridgehead atoms. The van der Waals surface area contributed by atoms with Crippen LogP contribution in [-0.4, -0.2) is 0 Å². The monoisotopic (exact) mass is 287 g/mol. The van der Waals surface area contributed by atoms with Crippen molar-refractivity contribution in [3.63, 3.8) is 0 Å². The lowest BCUT2D eigenvalue weighted by atomic mass is 10.0. The highest BCUT2D eigenvalue weighted by Crippen LogP contribution is 2.31. The van der Waals surface area contributed by atoms with Gasteiger partial charge in [-0.05, 0) is 24.6 Å². The van der Waals surface area contributed by atoms with Gasteiger partial charge in [0.05, 0.1) is 12.0 Å². The molecule has 0 fully saturated rings. The second kappa shape index (κ2) is 4.06. The van der Waals surface area contributed by atoms with Crippen LogP contribution in [0, 0.1) is 11.3 Å². The molecule has 0 spiro atoms. The first-order chi connectivity index (χ1) is 5.66. The summed E-state index contributed by atoms with van der Waals surface area (Å²) in [4.78, 5) is 0. The Morgan fingerprint density at radius 2 is 1.83 bits per heavy atom. The SMILES string of the molecule is CC(C#N)c1c(Br)cccc1Br. The summed E-state index contributed by atoms with van der Waals surface area (Å²) in [7, 11) is 0. The van der Waals surface area contributed by atoms with Crippen LogP contribution < -0.4 is 0 Å². The van der Waals surface area contributed by atoms with Crippen LogP contribution in [0.4, 0.5) is 0 Å². The first-order valence-electron chi connectivity index (χ1n) is 3.50. The van der Waals surface area contributed by atoms with E-state index in [9.17, 15) is 0 Å². The first kappa shape index (κ1) is 9.76. The molecular formula is C9H7Br2N. The van der Waals surface area contributed by atoms with Crippen LogP contribution >= 0.6 is 31.9 Å². The fourth-order valence-electron chi connectivity index (χ4n) is 0.989. The lowest BCUT2D eigenvalue weighted by Crippen LogP contribution is -1.92. The van der Waals surface area contributed by atoms with E-state index in [1.165, 1.54) is 0 Å². The van der Waals surface area contributed by atoms with E-state index in [0.29, 0.717) is 0 Å². The highest BCUT2D eigenvalue weighted by molar-refractivity contribution is 9.11. The zero-order valence-corrected chi connectivity index (χ0v) is 9.68. The Bertz CT molecular complexity index is 308. The molecule has 1 aromatic rings. The maximum absolute atomic E-state index is 8.75. The number of rotatable bonds is 1. The number of hydrogen-bond donors (Lipinski definition) is 0. The molecule has 0 aliphatic rings. The van der Waals surface area contributed by atoms with Crippen LogP contribution in [0.3, 0.4) is 0 Å². The Labute approximate surface area is 88.7 Å². The maximum atomic E-state index is 8.75. The van der Waals surface area contributed by atoms with Crippen molar-refractivity contribution in [2.75, 3.05) is 0 Å². The summed E-state index contributed by atoms with van der Waals surface area (Å²) in [5.74, 6) is -0.0880. The van der Waals surface area contributed by atoms with Crippen LogP contribution in [0.2, 0.25) is 0 Å². The smallest absolute Gasteiger partial charge is 0.0706 e. The van der Waals surface area contributed by atoms with Gasteiger partial charge < -0.3 is 0 Å². The van der Waals surface area contributed by atoms with Crippen molar-refractivity contribution >= 4 is 31.9 Å². The van der Waals surface area contributed by atoms with Crippen molar-refractivity contribution in [2.24, 2.45) is 0 Å². The molecule has 62 valence electrons. The van der Waals surface area contributed by atoms with E-state index in [-0.39, 0.29) is 5.92 Å². The lowest BCUT2D eigenvalue weighted by Gasteiger charge is -2.07. The highest BCUT2D eigenvalue weighted by atomic mass is 79.9. The summed E-state index contributed by atoms with van der Waals surface area (Å²) in [5, 5.41) is 8.75. The second-order valence-electron chi connectivity index (χ2n) is 2.49. The molecule has 0 saturated heterocycles. The van der Waals surface area contributed by atoms with Crippen LogP contribution in [-0.2, 0) is 0 Å². The molecule has 0 heterocycles. The van der Waals surface area contributed by atoms with E-state index in [0.717, 1.165) is 14.5 Å². The van der Waals surface area contributed by atoms with Crippen LogP contribution in [0.1, 0.15) is 18.4 Å². The quantitative estimate of drug-likeness (QED) is 0.770. The minimum Gasteiger partial charge on any atom is -0.198 e. The Kier molecular flexibility index (Phi) is 3.30. The maximum Gasteiger partial charge on any atom is 0.0706 e. The summed E-state index contributed by atoms with van der Waals surface area (Å²) >= 11 is 6.81. The molecule has 1 atom stereocenters. The molecule has 0 N–H and O–H groups in total. The van der Waals surface area contributed by atoms with Gasteiger partial charge in [-0.3, -0.25) is 0 Å². The zero-order chi connectivity index (χ0) is 9.14. The van der Waals surface area contributed by atoms with E-state index in [2.05, 4.69) is 37.9 Å². The van der Waals surface area contributed by atoms with Crippen molar-refractivity contribution in [1.82, 2.24) is 0 Å². The van der Waals surface area contributed by atoms with Crippen LogP contribution in [0.25, 0.3) is 0 Å². The summed E-state index contributed by atoms with van der Waals surface area (Å²) in [5.41, 5.74) is 1.01. The molecule has 0 radical (unpaired) electrons. The number of nitrogens with zero attached hydrogens (tertiary/aromatic N) is 1. The van der Waals surface area contributed by atoms with Gasteiger partial charge in [-0.15, -0.1) is 0 Å². The van der Waals surface area contributed by atoms with Gasteiger partial charge in [0.25, 0.3) is 0 Å². The average Bonchev–Trinajstić information content (AvgIpc) is 2.03. The van der Waals surface area contributed by atoms with Gasteiger partial charge in [0.1, 0.15) is 0 Å². The zero-order valence-electron chi connectivity index (χ0n) is 6.51. The molecule has 1 rings (SSSR count). The van der Waals surface area contributed by atoms with Gasteiger partial charge in [-0.25, -0.2) is 0 Å². The Morgan fingerprint density at radius 1 is 1.33 bits per heavy atom. The molecule has 1 unspecified atom stereocenters. The Balaban J connectivity index is 3.23. The Morgan fingerprint density at radius 3 is 2.25 bits per heavy atom. The number of halogens is 2. The molecular weight excluding hydrogens is 282 g/mol. The van der Waals surface area contributed by atoms with Gasteiger partial charge in [0.2, 0.25) is 0 Å². The summed E-state index contributed by atoms with van der Waals surface area (Å²) in [6.07, 6.45) is 0. The number of benzene rings is 1. The lowest BCUT2D eigenvalue weighted by molar-refractivity contribution is 0.966. The van der Waals surface area contributed by atoms with Crippen molar-refractivity contribution in [3.05, 3.63) is 32.7 Å². The molecule has 0 aromatic heterocycles. The normalized spacial score (nSPS) is 12.2. The van der Waals surface area contributed by atoms with E-state index < -0.39 is 0 Å². The fraction of sp³-hybridized carbons (Fsp3) is 0.222. The van der Waals surface area contributed by atoms with Gasteiger partial charge in [-0.1, -0.05) is 37.9 Å². The minimum absolute atomic E-state index is 0.0880. The Hall–Kier alpha value is -0.330. The van der Waals surface area contributed by atoms with Gasteiger partial charge in [0, 0.05) is 8.95 Å². The summed E-state index contributed by atoms with van der Waals surface area (Å²) < 4.78 is 1.96. The molecule has 0 saturated carbocycles. The third-order valence-corrected chi connectivity index (χ3v) is 3.01. The van der Waals surface area contributed by atoms with E-state index >= 15 is 0 Å². The second-order valence-corrected chi connectivity index (χ2v) is 4.19. The van der Waals surface area contributed by atoms with E-state index in [1.54, 1.807) is 0 Å². The van der Waals surface area contributed by atoms with Crippen molar-refractivity contribution in [3.8, 4) is 6.07 Å². The number of nitriles is 1. The number of hydrogen-bond acceptors (Lipinski definition) is 1. The van der Waals surface area contributed by atoms with Crippen molar-refractivity contribution in [2.45, 2.75) is 12.8 Å². The van der Waals surface area contributed by atoms with Crippen molar-refractivity contribution < 1.29 is 0 Å². The molecule has 0 aliphatic heterocycles. The van der Waals surface area contributed by atoms with Gasteiger partial charge in [0.15, 0.2) is 0 Å². The molecule has 3 heteroatoms. The average molecular weight is 289 g/mol. The van der Waals surface area contributed by atoms with Gasteiger partial charge in [-0.2, -0.15) is 5.26 Å². The predicted octanol–water partition coefficient (Wildman–Crippen LogP) is 3.84. The van der Waals surface area contributed by atoms with E-state index in [1.807, 2.05) is 25.1 Å². The molecule has 12 heavy (non-hydrogen) atoms. The highest BCUT2D eigenvalue weighted by Gasteiger charge is 2.11. The predicted molar refractivity (Wildman–Crippen MR) is 55.9 cm³/mol. The van der Waals surface area contributed by atoms with E-state index in [4.69, 9.17) is 5.26 Å². The molecule has 1 nitrogen and oxygen atoms in total. The fourth-order valence-corrected chi connectivity index (χ4v) is 2.67. The van der Waals surface area contributed by atoms with Crippen LogP contribution in [0.5, 0.6) is 0 Å². The first-order valence-corrected chi connectivity index (χ1v) is 5.09. The molecule has 1 aromatic carbocycles. The van der Waals surface area contributed by atoms with Crippen LogP contribution in [0.15, 0.2) is 27.1 Å².